The molecular weight excluding hydrogens is 446 g/mol. The number of hydrazone groups is 1. The highest BCUT2D eigenvalue weighted by atomic mass is 79.9. The SMILES string of the molecule is C/C(CC(=O)Nc1cc(Cl)ccc1C)=N/NC(=O)COc1ccc(Br)cc1C. The summed E-state index contributed by atoms with van der Waals surface area (Å²) in [6.45, 7) is 5.25. The van der Waals surface area contributed by atoms with Crippen molar-refractivity contribution in [2.45, 2.75) is 27.2 Å². The van der Waals surface area contributed by atoms with E-state index in [1.54, 1.807) is 25.1 Å². The lowest BCUT2D eigenvalue weighted by molar-refractivity contribution is -0.123. The van der Waals surface area contributed by atoms with Crippen LogP contribution in [0.4, 0.5) is 5.69 Å². The molecule has 8 heteroatoms. The fraction of sp³-hybridized carbons (Fsp3) is 0.250. The second kappa shape index (κ2) is 10.2. The number of aryl methyl sites for hydroxylation is 2. The molecule has 2 aromatic rings. The van der Waals surface area contributed by atoms with Gasteiger partial charge in [-0.15, -0.1) is 0 Å². The molecule has 0 aromatic heterocycles. The molecule has 2 rings (SSSR count). The number of carbonyl (C=O) groups is 2. The molecule has 0 aliphatic rings. The second-order valence-electron chi connectivity index (χ2n) is 6.26. The number of rotatable bonds is 7. The molecule has 0 spiro atoms. The van der Waals surface area contributed by atoms with Gasteiger partial charge in [-0.05, 0) is 62.2 Å². The zero-order valence-corrected chi connectivity index (χ0v) is 18.1. The van der Waals surface area contributed by atoms with E-state index in [4.69, 9.17) is 16.3 Å². The van der Waals surface area contributed by atoms with E-state index in [2.05, 4.69) is 31.8 Å². The Morgan fingerprint density at radius 1 is 1.11 bits per heavy atom. The molecule has 0 fully saturated rings. The van der Waals surface area contributed by atoms with Gasteiger partial charge in [0.25, 0.3) is 5.91 Å². The van der Waals surface area contributed by atoms with Crippen molar-refractivity contribution in [3.05, 3.63) is 57.0 Å². The minimum absolute atomic E-state index is 0.0406. The van der Waals surface area contributed by atoms with Gasteiger partial charge >= 0.3 is 0 Å². The average Bonchev–Trinajstić information content (AvgIpc) is 2.62. The molecule has 6 nitrogen and oxygen atoms in total. The standard InChI is InChI=1S/C20H21BrClN3O3/c1-12-4-6-16(22)10-17(12)23-19(26)9-14(3)24-25-20(27)11-28-18-7-5-15(21)8-13(18)2/h4-8,10H,9,11H2,1-3H3,(H,23,26)(H,25,27)/b24-14-. The Balaban J connectivity index is 1.81. The van der Waals surface area contributed by atoms with Gasteiger partial charge in [0.2, 0.25) is 5.91 Å². The Labute approximate surface area is 177 Å². The predicted molar refractivity (Wildman–Crippen MR) is 115 cm³/mol. The largest absolute Gasteiger partial charge is 0.483 e. The lowest BCUT2D eigenvalue weighted by Crippen LogP contribution is -2.26. The summed E-state index contributed by atoms with van der Waals surface area (Å²) in [4.78, 5) is 24.0. The monoisotopic (exact) mass is 465 g/mol. The smallest absolute Gasteiger partial charge is 0.277 e. The van der Waals surface area contributed by atoms with Gasteiger partial charge < -0.3 is 10.1 Å². The Hall–Kier alpha value is -2.38. The molecule has 0 aliphatic heterocycles. The van der Waals surface area contributed by atoms with E-state index in [1.807, 2.05) is 32.0 Å². The highest BCUT2D eigenvalue weighted by Gasteiger charge is 2.09. The first kappa shape index (κ1) is 21.9. The van der Waals surface area contributed by atoms with Crippen molar-refractivity contribution in [3.8, 4) is 5.75 Å². The third-order valence-corrected chi connectivity index (χ3v) is 4.49. The molecule has 28 heavy (non-hydrogen) atoms. The van der Waals surface area contributed by atoms with E-state index in [1.165, 1.54) is 0 Å². The van der Waals surface area contributed by atoms with Gasteiger partial charge in [0.1, 0.15) is 5.75 Å². The van der Waals surface area contributed by atoms with Crippen molar-refractivity contribution >= 4 is 50.7 Å². The van der Waals surface area contributed by atoms with E-state index in [0.29, 0.717) is 22.2 Å². The Morgan fingerprint density at radius 2 is 1.86 bits per heavy atom. The van der Waals surface area contributed by atoms with Crippen LogP contribution in [-0.2, 0) is 9.59 Å². The van der Waals surface area contributed by atoms with Gasteiger partial charge in [0.05, 0.1) is 6.42 Å². The topological polar surface area (TPSA) is 79.8 Å². The average molecular weight is 467 g/mol. The molecule has 0 unspecified atom stereocenters. The van der Waals surface area contributed by atoms with Gasteiger partial charge in [0.15, 0.2) is 6.61 Å². The molecule has 2 N–H and O–H groups in total. The first-order valence-electron chi connectivity index (χ1n) is 8.51. The van der Waals surface area contributed by atoms with Crippen LogP contribution in [0.2, 0.25) is 5.02 Å². The first-order chi connectivity index (χ1) is 13.2. The van der Waals surface area contributed by atoms with Crippen molar-refractivity contribution in [2.75, 3.05) is 11.9 Å². The molecule has 2 aromatic carbocycles. The van der Waals surface area contributed by atoms with E-state index in [-0.39, 0.29) is 18.9 Å². The molecule has 0 atom stereocenters. The summed E-state index contributed by atoms with van der Waals surface area (Å²) >= 11 is 9.32. The number of hydrogen-bond acceptors (Lipinski definition) is 4. The summed E-state index contributed by atoms with van der Waals surface area (Å²) in [7, 11) is 0. The first-order valence-corrected chi connectivity index (χ1v) is 9.68. The number of benzene rings is 2. The molecule has 2 amide bonds. The maximum atomic E-state index is 12.1. The maximum Gasteiger partial charge on any atom is 0.277 e. The van der Waals surface area contributed by atoms with Crippen LogP contribution >= 0.6 is 27.5 Å². The van der Waals surface area contributed by atoms with E-state index < -0.39 is 5.91 Å². The normalized spacial score (nSPS) is 11.1. The van der Waals surface area contributed by atoms with Crippen molar-refractivity contribution in [2.24, 2.45) is 5.10 Å². The lowest BCUT2D eigenvalue weighted by atomic mass is 10.2. The molecule has 0 aliphatic carbocycles. The number of nitrogens with zero attached hydrogens (tertiary/aromatic N) is 1. The number of carbonyl (C=O) groups excluding carboxylic acids is 2. The van der Waals surface area contributed by atoms with E-state index in [0.717, 1.165) is 15.6 Å². The van der Waals surface area contributed by atoms with Gasteiger partial charge in [0, 0.05) is 20.9 Å². The van der Waals surface area contributed by atoms with Crippen molar-refractivity contribution in [3.63, 3.8) is 0 Å². The predicted octanol–water partition coefficient (Wildman–Crippen LogP) is 4.62. The number of ether oxygens (including phenoxy) is 1. The maximum absolute atomic E-state index is 12.1. The summed E-state index contributed by atoms with van der Waals surface area (Å²) in [6.07, 6.45) is 0.0406. The quantitative estimate of drug-likeness (QED) is 0.461. The van der Waals surface area contributed by atoms with Crippen LogP contribution in [0.3, 0.4) is 0 Å². The van der Waals surface area contributed by atoms with Gasteiger partial charge in [-0.1, -0.05) is 33.6 Å². The van der Waals surface area contributed by atoms with Gasteiger partial charge in [-0.25, -0.2) is 5.43 Å². The van der Waals surface area contributed by atoms with Crippen LogP contribution in [0, 0.1) is 13.8 Å². The lowest BCUT2D eigenvalue weighted by Gasteiger charge is -2.09. The molecule has 0 heterocycles. The minimum Gasteiger partial charge on any atom is -0.483 e. The number of anilines is 1. The second-order valence-corrected chi connectivity index (χ2v) is 7.62. The summed E-state index contributed by atoms with van der Waals surface area (Å²) in [5, 5.41) is 7.26. The van der Waals surface area contributed by atoms with Crippen molar-refractivity contribution < 1.29 is 14.3 Å². The Bertz CT molecular complexity index is 916. The molecule has 0 bridgehead atoms. The van der Waals surface area contributed by atoms with Gasteiger partial charge in [-0.3, -0.25) is 9.59 Å². The zero-order valence-electron chi connectivity index (χ0n) is 15.8. The molecule has 0 radical (unpaired) electrons. The van der Waals surface area contributed by atoms with Crippen molar-refractivity contribution in [1.82, 2.24) is 5.43 Å². The number of hydrogen-bond donors (Lipinski definition) is 2. The summed E-state index contributed by atoms with van der Waals surface area (Å²) < 4.78 is 6.41. The summed E-state index contributed by atoms with van der Waals surface area (Å²) in [5.74, 6) is -0.0364. The van der Waals surface area contributed by atoms with Crippen LogP contribution in [-0.4, -0.2) is 24.1 Å². The number of amides is 2. The minimum atomic E-state index is -0.409. The zero-order chi connectivity index (χ0) is 20.7. The van der Waals surface area contributed by atoms with Crippen LogP contribution in [0.25, 0.3) is 0 Å². The van der Waals surface area contributed by atoms with E-state index in [9.17, 15) is 9.59 Å². The van der Waals surface area contributed by atoms with Crippen LogP contribution < -0.4 is 15.5 Å². The fourth-order valence-electron chi connectivity index (χ4n) is 2.30. The summed E-state index contributed by atoms with van der Waals surface area (Å²) in [5.41, 5.74) is 5.31. The third kappa shape index (κ3) is 6.98. The Kier molecular flexibility index (Phi) is 8.02. The van der Waals surface area contributed by atoms with Gasteiger partial charge in [-0.2, -0.15) is 5.10 Å². The van der Waals surface area contributed by atoms with Crippen molar-refractivity contribution in [1.29, 1.82) is 0 Å². The summed E-state index contributed by atoms with van der Waals surface area (Å²) in [6, 6.07) is 10.8. The highest BCUT2D eigenvalue weighted by Crippen LogP contribution is 2.22. The highest BCUT2D eigenvalue weighted by molar-refractivity contribution is 9.10. The molecular formula is C20H21BrClN3O3. The van der Waals surface area contributed by atoms with Crippen LogP contribution in [0.1, 0.15) is 24.5 Å². The molecule has 0 saturated carbocycles. The third-order valence-electron chi connectivity index (χ3n) is 3.76. The number of halogens is 2. The number of nitrogens with one attached hydrogen (secondary N) is 2. The van der Waals surface area contributed by atoms with Crippen LogP contribution in [0.5, 0.6) is 5.75 Å². The van der Waals surface area contributed by atoms with Crippen LogP contribution in [0.15, 0.2) is 46.0 Å². The van der Waals surface area contributed by atoms with E-state index >= 15 is 0 Å². The fourth-order valence-corrected chi connectivity index (χ4v) is 2.95. The molecule has 148 valence electrons. The Morgan fingerprint density at radius 3 is 2.57 bits per heavy atom. The molecule has 0 saturated heterocycles.